The normalized spacial score (nSPS) is 14.7. The summed E-state index contributed by atoms with van der Waals surface area (Å²) in [6.07, 6.45) is 1.15. The van der Waals surface area contributed by atoms with Crippen LogP contribution in [0.3, 0.4) is 0 Å². The third-order valence-corrected chi connectivity index (χ3v) is 3.76. The lowest BCUT2D eigenvalue weighted by molar-refractivity contribution is 0.360. The maximum Gasteiger partial charge on any atom is 0.104 e. The first-order valence-electron chi connectivity index (χ1n) is 6.97. The van der Waals surface area contributed by atoms with Crippen LogP contribution in [0.2, 0.25) is 0 Å². The van der Waals surface area contributed by atoms with Crippen molar-refractivity contribution in [2.45, 2.75) is 26.3 Å². The average Bonchev–Trinajstić information content (AvgIpc) is 2.77. The Morgan fingerprint density at radius 2 is 2.11 bits per heavy atom. The molecular formula is C15H24N4. The molecule has 0 amide bonds. The van der Waals surface area contributed by atoms with Crippen LogP contribution in [0.1, 0.15) is 30.8 Å². The number of nitrogens with zero attached hydrogens (tertiary/aromatic N) is 1. The van der Waals surface area contributed by atoms with Crippen LogP contribution < -0.4 is 10.6 Å². The first-order valence-corrected chi connectivity index (χ1v) is 6.97. The van der Waals surface area contributed by atoms with E-state index >= 15 is 0 Å². The van der Waals surface area contributed by atoms with Crippen LogP contribution in [0.4, 0.5) is 0 Å². The lowest BCUT2D eigenvalue weighted by Gasteiger charge is -2.26. The first kappa shape index (κ1) is 14.0. The number of aromatic nitrogens is 2. The Morgan fingerprint density at radius 3 is 2.74 bits per heavy atom. The summed E-state index contributed by atoms with van der Waals surface area (Å²) in [6, 6.07) is 6.87. The fourth-order valence-electron chi connectivity index (χ4n) is 2.78. The van der Waals surface area contributed by atoms with E-state index in [0.717, 1.165) is 29.8 Å². The molecule has 0 bridgehead atoms. The first-order chi connectivity index (χ1) is 9.19. The van der Waals surface area contributed by atoms with Crippen molar-refractivity contribution in [3.05, 3.63) is 29.6 Å². The van der Waals surface area contributed by atoms with Crippen molar-refractivity contribution in [1.82, 2.24) is 20.6 Å². The van der Waals surface area contributed by atoms with Gasteiger partial charge < -0.3 is 15.6 Å². The van der Waals surface area contributed by atoms with Gasteiger partial charge in [0.25, 0.3) is 0 Å². The summed E-state index contributed by atoms with van der Waals surface area (Å²) in [6.45, 7) is 5.25. The van der Waals surface area contributed by atoms with Gasteiger partial charge in [0, 0.05) is 6.04 Å². The highest BCUT2D eigenvalue weighted by atomic mass is 14.9. The van der Waals surface area contributed by atoms with E-state index in [1.54, 1.807) is 0 Å². The molecule has 0 saturated carbocycles. The maximum absolute atomic E-state index is 4.45. The maximum atomic E-state index is 4.45. The molecule has 2 aromatic rings. The molecule has 2 rings (SSSR count). The molecule has 1 aromatic heterocycles. The molecule has 0 fully saturated rings. The van der Waals surface area contributed by atoms with Crippen molar-refractivity contribution in [2.75, 3.05) is 20.6 Å². The molecule has 0 radical (unpaired) electrons. The van der Waals surface area contributed by atoms with Crippen LogP contribution in [0.25, 0.3) is 11.0 Å². The lowest BCUT2D eigenvalue weighted by Crippen LogP contribution is -2.31. The average molecular weight is 260 g/mol. The van der Waals surface area contributed by atoms with E-state index < -0.39 is 0 Å². The van der Waals surface area contributed by atoms with Crippen LogP contribution in [-0.2, 0) is 0 Å². The largest absolute Gasteiger partial charge is 0.342 e. The molecule has 3 N–H and O–H groups in total. The zero-order chi connectivity index (χ0) is 13.8. The smallest absolute Gasteiger partial charge is 0.104 e. The third kappa shape index (κ3) is 2.96. The number of hydrogen-bond acceptors (Lipinski definition) is 3. The summed E-state index contributed by atoms with van der Waals surface area (Å²) < 4.78 is 0. The highest BCUT2D eigenvalue weighted by molar-refractivity contribution is 5.76. The zero-order valence-corrected chi connectivity index (χ0v) is 12.2. The summed E-state index contributed by atoms with van der Waals surface area (Å²) in [5, 5.41) is 6.74. The van der Waals surface area contributed by atoms with Gasteiger partial charge in [-0.25, -0.2) is 4.98 Å². The topological polar surface area (TPSA) is 52.7 Å². The molecule has 104 valence electrons. The van der Waals surface area contributed by atoms with Crippen molar-refractivity contribution < 1.29 is 0 Å². The second-order valence-corrected chi connectivity index (χ2v) is 5.09. The van der Waals surface area contributed by atoms with Crippen molar-refractivity contribution >= 4 is 11.0 Å². The van der Waals surface area contributed by atoms with Gasteiger partial charge >= 0.3 is 0 Å². The summed E-state index contributed by atoms with van der Waals surface area (Å²) in [7, 11) is 4.04. The molecule has 2 unspecified atom stereocenters. The van der Waals surface area contributed by atoms with Gasteiger partial charge in [0.15, 0.2) is 0 Å². The minimum Gasteiger partial charge on any atom is -0.342 e. The van der Waals surface area contributed by atoms with Crippen LogP contribution in [0.15, 0.2) is 18.2 Å². The Kier molecular flexibility index (Phi) is 4.56. The van der Waals surface area contributed by atoms with E-state index in [0.29, 0.717) is 12.0 Å². The minimum atomic E-state index is 0.366. The predicted molar refractivity (Wildman–Crippen MR) is 80.3 cm³/mol. The Balaban J connectivity index is 2.33. The molecule has 0 aliphatic carbocycles. The second-order valence-electron chi connectivity index (χ2n) is 5.09. The van der Waals surface area contributed by atoms with Crippen molar-refractivity contribution in [3.63, 3.8) is 0 Å². The van der Waals surface area contributed by atoms with E-state index in [4.69, 9.17) is 0 Å². The summed E-state index contributed by atoms with van der Waals surface area (Å²) in [4.78, 5) is 7.76. The number of rotatable bonds is 6. The molecule has 1 aromatic carbocycles. The summed E-state index contributed by atoms with van der Waals surface area (Å²) in [5.74, 6) is 1.55. The van der Waals surface area contributed by atoms with Crippen molar-refractivity contribution in [3.8, 4) is 0 Å². The van der Waals surface area contributed by atoms with Crippen LogP contribution >= 0.6 is 0 Å². The molecule has 2 atom stereocenters. The van der Waals surface area contributed by atoms with Crippen LogP contribution in [0.5, 0.6) is 0 Å². The third-order valence-electron chi connectivity index (χ3n) is 3.76. The molecule has 0 saturated heterocycles. The van der Waals surface area contributed by atoms with Crippen LogP contribution in [0, 0.1) is 12.8 Å². The monoisotopic (exact) mass is 260 g/mol. The van der Waals surface area contributed by atoms with Gasteiger partial charge in [-0.15, -0.1) is 0 Å². The van der Waals surface area contributed by atoms with E-state index in [-0.39, 0.29) is 0 Å². The van der Waals surface area contributed by atoms with Gasteiger partial charge in [0.05, 0.1) is 11.0 Å². The number of fused-ring (bicyclic) bond motifs is 1. The van der Waals surface area contributed by atoms with E-state index in [1.165, 1.54) is 5.56 Å². The van der Waals surface area contributed by atoms with Gasteiger partial charge in [-0.2, -0.15) is 0 Å². The Labute approximate surface area is 115 Å². The SMILES string of the molecule is CCC(CNC)C(NC)c1ccc2nc(C)[nH]c2c1. The van der Waals surface area contributed by atoms with Gasteiger partial charge in [-0.3, -0.25) is 0 Å². The minimum absolute atomic E-state index is 0.366. The molecular weight excluding hydrogens is 236 g/mol. The van der Waals surface area contributed by atoms with Gasteiger partial charge in [0.1, 0.15) is 5.82 Å². The fraction of sp³-hybridized carbons (Fsp3) is 0.533. The quantitative estimate of drug-likeness (QED) is 0.747. The zero-order valence-electron chi connectivity index (χ0n) is 12.2. The highest BCUT2D eigenvalue weighted by Gasteiger charge is 2.20. The molecule has 19 heavy (non-hydrogen) atoms. The van der Waals surface area contributed by atoms with E-state index in [9.17, 15) is 0 Å². The molecule has 1 heterocycles. The number of imidazole rings is 1. The van der Waals surface area contributed by atoms with Gasteiger partial charge in [-0.1, -0.05) is 19.4 Å². The lowest BCUT2D eigenvalue weighted by atomic mass is 9.90. The van der Waals surface area contributed by atoms with Crippen molar-refractivity contribution in [1.29, 1.82) is 0 Å². The molecule has 0 spiro atoms. The Hall–Kier alpha value is -1.39. The van der Waals surface area contributed by atoms with Gasteiger partial charge in [0.2, 0.25) is 0 Å². The standard InChI is InChI=1S/C15H24N4/c1-5-11(9-16-3)15(17-4)12-6-7-13-14(8-12)19-10(2)18-13/h6-8,11,15-17H,5,9H2,1-4H3,(H,18,19). The number of hydrogen-bond donors (Lipinski definition) is 3. The highest BCUT2D eigenvalue weighted by Crippen LogP contribution is 2.26. The number of nitrogens with one attached hydrogen (secondary N) is 3. The van der Waals surface area contributed by atoms with Crippen molar-refractivity contribution in [2.24, 2.45) is 5.92 Å². The summed E-state index contributed by atoms with van der Waals surface area (Å²) >= 11 is 0. The molecule has 4 heteroatoms. The number of aryl methyl sites for hydroxylation is 1. The number of benzene rings is 1. The Bertz CT molecular complexity index is 532. The fourth-order valence-corrected chi connectivity index (χ4v) is 2.78. The van der Waals surface area contributed by atoms with Crippen LogP contribution in [-0.4, -0.2) is 30.6 Å². The summed E-state index contributed by atoms with van der Waals surface area (Å²) in [5.41, 5.74) is 3.48. The molecule has 0 aliphatic rings. The van der Waals surface area contributed by atoms with E-state index in [2.05, 4.69) is 45.7 Å². The predicted octanol–water partition coefficient (Wildman–Crippen LogP) is 2.38. The Morgan fingerprint density at radius 1 is 1.32 bits per heavy atom. The van der Waals surface area contributed by atoms with E-state index in [1.807, 2.05) is 21.0 Å². The molecule has 4 nitrogen and oxygen atoms in total. The number of aromatic amines is 1. The molecule has 0 aliphatic heterocycles. The number of H-pyrrole nitrogens is 1. The van der Waals surface area contributed by atoms with Gasteiger partial charge in [-0.05, 0) is 51.2 Å². The second kappa shape index (κ2) is 6.17.